The van der Waals surface area contributed by atoms with Gasteiger partial charge in [-0.15, -0.1) is 0 Å². The van der Waals surface area contributed by atoms with Crippen molar-refractivity contribution in [3.63, 3.8) is 0 Å². The zero-order valence-corrected chi connectivity index (χ0v) is 11.5. The molecule has 0 aromatic heterocycles. The van der Waals surface area contributed by atoms with E-state index in [4.69, 9.17) is 4.74 Å². The molecule has 0 aliphatic carbocycles. The Morgan fingerprint density at radius 3 is 2.59 bits per heavy atom. The quantitative estimate of drug-likeness (QED) is 0.637. The summed E-state index contributed by atoms with van der Waals surface area (Å²) in [4.78, 5) is 0. The molecule has 1 aromatic rings. The minimum atomic E-state index is 0.627. The third-order valence-electron chi connectivity index (χ3n) is 3.14. The molecular formula is C16H24O. The Hall–Kier alpha value is -1.24. The molecule has 0 aliphatic heterocycles. The molecule has 1 aromatic carbocycles. The summed E-state index contributed by atoms with van der Waals surface area (Å²) in [6.07, 6.45) is 6.69. The molecule has 0 radical (unpaired) electrons. The van der Waals surface area contributed by atoms with E-state index in [2.05, 4.69) is 51.1 Å². The summed E-state index contributed by atoms with van der Waals surface area (Å²) in [5.74, 6) is 1.61. The van der Waals surface area contributed by atoms with Crippen LogP contribution in [0.15, 0.2) is 30.4 Å². The summed E-state index contributed by atoms with van der Waals surface area (Å²) in [7, 11) is 0. The van der Waals surface area contributed by atoms with Crippen molar-refractivity contribution in [3.05, 3.63) is 41.5 Å². The molecule has 0 fully saturated rings. The van der Waals surface area contributed by atoms with Crippen molar-refractivity contribution in [2.75, 3.05) is 6.61 Å². The van der Waals surface area contributed by atoms with Gasteiger partial charge in [-0.2, -0.15) is 0 Å². The van der Waals surface area contributed by atoms with Crippen LogP contribution in [0.5, 0.6) is 5.75 Å². The third-order valence-corrected chi connectivity index (χ3v) is 3.14. The second-order valence-electron chi connectivity index (χ2n) is 4.36. The maximum Gasteiger partial charge on any atom is 0.119 e. The third kappa shape index (κ3) is 3.92. The molecule has 17 heavy (non-hydrogen) atoms. The molecule has 94 valence electrons. The molecule has 1 nitrogen and oxygen atoms in total. The summed E-state index contributed by atoms with van der Waals surface area (Å²) in [5, 5.41) is 0. The van der Waals surface area contributed by atoms with Crippen LogP contribution in [0.4, 0.5) is 0 Å². The van der Waals surface area contributed by atoms with Gasteiger partial charge in [0, 0.05) is 0 Å². The lowest BCUT2D eigenvalue weighted by Gasteiger charge is -2.17. The van der Waals surface area contributed by atoms with Crippen LogP contribution in [0.25, 0.3) is 0 Å². The van der Waals surface area contributed by atoms with Gasteiger partial charge in [-0.3, -0.25) is 0 Å². The Morgan fingerprint density at radius 2 is 2.06 bits per heavy atom. The SMILES string of the molecule is C/C=C\CC(CC)c1ccc(OCC)cc1C. The van der Waals surface area contributed by atoms with Crippen molar-refractivity contribution < 1.29 is 4.74 Å². The number of rotatable bonds is 6. The lowest BCUT2D eigenvalue weighted by molar-refractivity contribution is 0.340. The first-order chi connectivity index (χ1) is 8.22. The fourth-order valence-electron chi connectivity index (χ4n) is 2.18. The summed E-state index contributed by atoms with van der Waals surface area (Å²) in [6.45, 7) is 9.26. The van der Waals surface area contributed by atoms with Crippen molar-refractivity contribution >= 4 is 0 Å². The second-order valence-corrected chi connectivity index (χ2v) is 4.36. The maximum atomic E-state index is 5.52. The van der Waals surface area contributed by atoms with E-state index in [1.165, 1.54) is 17.5 Å². The highest BCUT2D eigenvalue weighted by Crippen LogP contribution is 2.29. The van der Waals surface area contributed by atoms with Crippen molar-refractivity contribution in [1.82, 2.24) is 0 Å². The van der Waals surface area contributed by atoms with E-state index in [1.54, 1.807) is 0 Å². The number of hydrogen-bond acceptors (Lipinski definition) is 1. The number of hydrogen-bond donors (Lipinski definition) is 0. The minimum absolute atomic E-state index is 0.627. The summed E-state index contributed by atoms with van der Waals surface area (Å²) in [6, 6.07) is 6.46. The maximum absolute atomic E-state index is 5.52. The van der Waals surface area contributed by atoms with Crippen LogP contribution in [0.2, 0.25) is 0 Å². The molecule has 0 aliphatic rings. The average Bonchev–Trinajstić information content (AvgIpc) is 2.32. The van der Waals surface area contributed by atoms with Gasteiger partial charge in [0.25, 0.3) is 0 Å². The van der Waals surface area contributed by atoms with E-state index in [0.717, 1.165) is 18.8 Å². The van der Waals surface area contributed by atoms with Crippen LogP contribution in [-0.4, -0.2) is 6.61 Å². The molecule has 0 saturated carbocycles. The topological polar surface area (TPSA) is 9.23 Å². The molecule has 0 saturated heterocycles. The summed E-state index contributed by atoms with van der Waals surface area (Å²) >= 11 is 0. The van der Waals surface area contributed by atoms with Gasteiger partial charge in [0.1, 0.15) is 5.75 Å². The van der Waals surface area contributed by atoms with E-state index in [-0.39, 0.29) is 0 Å². The second kappa shape index (κ2) is 7.16. The highest BCUT2D eigenvalue weighted by atomic mass is 16.5. The first-order valence-electron chi connectivity index (χ1n) is 6.57. The van der Waals surface area contributed by atoms with Gasteiger partial charge >= 0.3 is 0 Å². The van der Waals surface area contributed by atoms with Gasteiger partial charge in [-0.05, 0) is 62.8 Å². The molecule has 0 heterocycles. The molecule has 0 N–H and O–H groups in total. The summed E-state index contributed by atoms with van der Waals surface area (Å²) < 4.78 is 5.52. The largest absolute Gasteiger partial charge is 0.494 e. The molecule has 1 rings (SSSR count). The highest BCUT2D eigenvalue weighted by molar-refractivity contribution is 5.37. The van der Waals surface area contributed by atoms with Crippen molar-refractivity contribution in [2.24, 2.45) is 0 Å². The average molecular weight is 232 g/mol. The van der Waals surface area contributed by atoms with Gasteiger partial charge in [0.15, 0.2) is 0 Å². The fourth-order valence-corrected chi connectivity index (χ4v) is 2.18. The van der Waals surface area contributed by atoms with Gasteiger partial charge in [-0.1, -0.05) is 25.1 Å². The summed E-state index contributed by atoms with van der Waals surface area (Å²) in [5.41, 5.74) is 2.79. The van der Waals surface area contributed by atoms with Gasteiger partial charge < -0.3 is 4.74 Å². The van der Waals surface area contributed by atoms with Gasteiger partial charge in [0.05, 0.1) is 6.61 Å². The van der Waals surface area contributed by atoms with Crippen LogP contribution in [0.1, 0.15) is 50.7 Å². The highest BCUT2D eigenvalue weighted by Gasteiger charge is 2.10. The Balaban J connectivity index is 2.88. The first-order valence-corrected chi connectivity index (χ1v) is 6.57. The number of benzene rings is 1. The van der Waals surface area contributed by atoms with Crippen LogP contribution in [0.3, 0.4) is 0 Å². The van der Waals surface area contributed by atoms with E-state index < -0.39 is 0 Å². The Labute approximate surface area is 106 Å². The molecule has 0 spiro atoms. The van der Waals surface area contributed by atoms with E-state index in [9.17, 15) is 0 Å². The Morgan fingerprint density at radius 1 is 1.29 bits per heavy atom. The molecule has 0 amide bonds. The van der Waals surface area contributed by atoms with Crippen molar-refractivity contribution in [1.29, 1.82) is 0 Å². The first kappa shape index (κ1) is 13.8. The smallest absolute Gasteiger partial charge is 0.119 e. The zero-order chi connectivity index (χ0) is 12.7. The lowest BCUT2D eigenvalue weighted by atomic mass is 9.90. The van der Waals surface area contributed by atoms with E-state index >= 15 is 0 Å². The van der Waals surface area contributed by atoms with Crippen molar-refractivity contribution in [2.45, 2.75) is 46.5 Å². The fraction of sp³-hybridized carbons (Fsp3) is 0.500. The van der Waals surface area contributed by atoms with Crippen LogP contribution in [0, 0.1) is 6.92 Å². The molecule has 0 bridgehead atoms. The van der Waals surface area contributed by atoms with Crippen LogP contribution >= 0.6 is 0 Å². The minimum Gasteiger partial charge on any atom is -0.494 e. The van der Waals surface area contributed by atoms with E-state index in [1.807, 2.05) is 6.92 Å². The normalized spacial score (nSPS) is 12.9. The van der Waals surface area contributed by atoms with Gasteiger partial charge in [-0.25, -0.2) is 0 Å². The Bertz CT molecular complexity index is 366. The molecular weight excluding hydrogens is 208 g/mol. The molecule has 1 unspecified atom stereocenters. The molecule has 1 heteroatoms. The monoisotopic (exact) mass is 232 g/mol. The Kier molecular flexibility index (Phi) is 5.82. The number of allylic oxidation sites excluding steroid dienone is 2. The predicted octanol–water partition coefficient (Wildman–Crippen LogP) is 4.85. The standard InChI is InChI=1S/C16H24O/c1-5-8-9-14(6-2)16-11-10-15(17-7-3)12-13(16)4/h5,8,10-12,14H,6-7,9H2,1-4H3/b8-5-. The molecule has 1 atom stereocenters. The van der Waals surface area contributed by atoms with Crippen molar-refractivity contribution in [3.8, 4) is 5.75 Å². The van der Waals surface area contributed by atoms with E-state index in [0.29, 0.717) is 5.92 Å². The zero-order valence-electron chi connectivity index (χ0n) is 11.5. The lowest BCUT2D eigenvalue weighted by Crippen LogP contribution is -2.00. The number of aryl methyl sites for hydroxylation is 1. The van der Waals surface area contributed by atoms with Crippen LogP contribution < -0.4 is 4.74 Å². The van der Waals surface area contributed by atoms with Crippen LogP contribution in [-0.2, 0) is 0 Å². The van der Waals surface area contributed by atoms with Gasteiger partial charge in [0.2, 0.25) is 0 Å². The predicted molar refractivity (Wildman–Crippen MR) is 74.8 cm³/mol. The number of ether oxygens (including phenoxy) is 1.